The quantitative estimate of drug-likeness (QED) is 0.895. The van der Waals surface area contributed by atoms with Crippen LogP contribution in [0.5, 0.6) is 5.75 Å². The Morgan fingerprint density at radius 1 is 1.47 bits per heavy atom. The van der Waals surface area contributed by atoms with E-state index in [-0.39, 0.29) is 17.6 Å². The second kappa shape index (κ2) is 5.79. The molecule has 1 atom stereocenters. The molecule has 0 saturated carbocycles. The molecule has 0 radical (unpaired) electrons. The van der Waals surface area contributed by atoms with Crippen LogP contribution in [-0.4, -0.2) is 22.1 Å². The number of aromatic nitrogens is 3. The number of halogens is 1. The summed E-state index contributed by atoms with van der Waals surface area (Å²) in [6, 6.07) is 4.88. The first-order valence-corrected chi connectivity index (χ1v) is 6.12. The molecule has 1 heterocycles. The summed E-state index contributed by atoms with van der Waals surface area (Å²) in [5.41, 5.74) is 7.08. The average Bonchev–Trinajstić information content (AvgIpc) is 2.89. The fourth-order valence-electron chi connectivity index (χ4n) is 1.78. The number of nitrogens with zero attached hydrogens (tertiary/aromatic N) is 3. The van der Waals surface area contributed by atoms with Crippen LogP contribution in [0, 0.1) is 5.82 Å². The van der Waals surface area contributed by atoms with Crippen LogP contribution in [0.3, 0.4) is 0 Å². The maximum atomic E-state index is 14.0. The molecule has 0 aliphatic carbocycles. The van der Waals surface area contributed by atoms with Crippen LogP contribution in [0.1, 0.15) is 30.6 Å². The third-order valence-electron chi connectivity index (χ3n) is 2.97. The van der Waals surface area contributed by atoms with Crippen molar-refractivity contribution in [1.82, 2.24) is 15.0 Å². The number of ether oxygens (including phenoxy) is 1. The molecule has 0 aliphatic heterocycles. The van der Waals surface area contributed by atoms with Gasteiger partial charge in [-0.3, -0.25) is 0 Å². The molecule has 0 fully saturated rings. The van der Waals surface area contributed by atoms with Crippen LogP contribution >= 0.6 is 0 Å². The van der Waals surface area contributed by atoms with Gasteiger partial charge in [0.1, 0.15) is 0 Å². The normalized spacial score (nSPS) is 12.4. The lowest BCUT2D eigenvalue weighted by Crippen LogP contribution is -2.09. The molecule has 19 heavy (non-hydrogen) atoms. The second-order valence-electron chi connectivity index (χ2n) is 4.29. The third-order valence-corrected chi connectivity index (χ3v) is 2.97. The highest BCUT2D eigenvalue weighted by atomic mass is 19.1. The van der Waals surface area contributed by atoms with Crippen molar-refractivity contribution in [3.63, 3.8) is 0 Å². The zero-order valence-corrected chi connectivity index (χ0v) is 11.0. The Balaban J connectivity index is 2.19. The monoisotopic (exact) mass is 264 g/mol. The van der Waals surface area contributed by atoms with Crippen molar-refractivity contribution in [1.29, 1.82) is 0 Å². The van der Waals surface area contributed by atoms with Crippen molar-refractivity contribution in [2.45, 2.75) is 25.9 Å². The molecule has 2 N–H and O–H groups in total. The lowest BCUT2D eigenvalue weighted by molar-refractivity contribution is 0.383. The van der Waals surface area contributed by atoms with Gasteiger partial charge in [0.05, 0.1) is 31.6 Å². The van der Waals surface area contributed by atoms with Gasteiger partial charge in [-0.05, 0) is 12.5 Å². The van der Waals surface area contributed by atoms with Gasteiger partial charge in [-0.1, -0.05) is 24.3 Å². The smallest absolute Gasteiger partial charge is 0.170 e. The molecule has 102 valence electrons. The predicted molar refractivity (Wildman–Crippen MR) is 69.3 cm³/mol. The molecule has 1 unspecified atom stereocenters. The van der Waals surface area contributed by atoms with E-state index in [1.807, 2.05) is 6.92 Å². The first kappa shape index (κ1) is 13.5. The van der Waals surface area contributed by atoms with Crippen molar-refractivity contribution in [3.05, 3.63) is 41.5 Å². The molecule has 6 heteroatoms. The number of benzene rings is 1. The van der Waals surface area contributed by atoms with Crippen LogP contribution in [0.2, 0.25) is 0 Å². The summed E-state index contributed by atoms with van der Waals surface area (Å²) in [6.07, 6.45) is 2.53. The Hall–Kier alpha value is -1.95. The highest BCUT2D eigenvalue weighted by Gasteiger charge is 2.12. The van der Waals surface area contributed by atoms with E-state index in [1.54, 1.807) is 29.1 Å². The van der Waals surface area contributed by atoms with Crippen molar-refractivity contribution in [3.8, 4) is 5.75 Å². The summed E-state index contributed by atoms with van der Waals surface area (Å²) in [7, 11) is 1.44. The Kier molecular flexibility index (Phi) is 4.11. The Labute approximate surface area is 111 Å². The fraction of sp³-hybridized carbons (Fsp3) is 0.385. The van der Waals surface area contributed by atoms with Crippen molar-refractivity contribution >= 4 is 0 Å². The Morgan fingerprint density at radius 2 is 2.26 bits per heavy atom. The van der Waals surface area contributed by atoms with Gasteiger partial charge in [0.2, 0.25) is 0 Å². The van der Waals surface area contributed by atoms with Gasteiger partial charge < -0.3 is 10.5 Å². The minimum atomic E-state index is -0.373. The second-order valence-corrected chi connectivity index (χ2v) is 4.29. The molecule has 1 aromatic heterocycles. The molecule has 0 spiro atoms. The first-order valence-electron chi connectivity index (χ1n) is 6.12. The van der Waals surface area contributed by atoms with Gasteiger partial charge >= 0.3 is 0 Å². The molecule has 0 aliphatic rings. The maximum absolute atomic E-state index is 14.0. The summed E-state index contributed by atoms with van der Waals surface area (Å²) in [4.78, 5) is 0. The molecule has 0 saturated heterocycles. The number of nitrogens with two attached hydrogens (primary N) is 1. The highest BCUT2D eigenvalue weighted by Crippen LogP contribution is 2.20. The van der Waals surface area contributed by atoms with Crippen LogP contribution in [-0.2, 0) is 6.54 Å². The predicted octanol–water partition coefficient (Wildman–Crippen LogP) is 1.88. The largest absolute Gasteiger partial charge is 0.494 e. The van der Waals surface area contributed by atoms with E-state index in [0.29, 0.717) is 17.8 Å². The fourth-order valence-corrected chi connectivity index (χ4v) is 1.78. The molecule has 0 bridgehead atoms. The molecule has 0 amide bonds. The van der Waals surface area contributed by atoms with Gasteiger partial charge in [0.25, 0.3) is 0 Å². The van der Waals surface area contributed by atoms with Gasteiger partial charge in [0, 0.05) is 5.56 Å². The maximum Gasteiger partial charge on any atom is 0.170 e. The van der Waals surface area contributed by atoms with Gasteiger partial charge in [-0.25, -0.2) is 9.07 Å². The van der Waals surface area contributed by atoms with Crippen LogP contribution < -0.4 is 10.5 Å². The van der Waals surface area contributed by atoms with Crippen molar-refractivity contribution in [2.24, 2.45) is 5.73 Å². The Morgan fingerprint density at radius 3 is 2.95 bits per heavy atom. The van der Waals surface area contributed by atoms with E-state index in [2.05, 4.69) is 10.3 Å². The van der Waals surface area contributed by atoms with E-state index in [9.17, 15) is 4.39 Å². The topological polar surface area (TPSA) is 66.0 Å². The molecule has 5 nitrogen and oxygen atoms in total. The van der Waals surface area contributed by atoms with E-state index >= 15 is 0 Å². The molecular weight excluding hydrogens is 247 g/mol. The lowest BCUT2D eigenvalue weighted by Gasteiger charge is -2.07. The van der Waals surface area contributed by atoms with E-state index in [1.165, 1.54) is 7.11 Å². The standard InChI is InChI=1S/C13H17FN4O/c1-3-10(15)11-8-18(17-16-11)7-9-5-4-6-12(19-2)13(9)14/h4-6,8,10H,3,7,15H2,1-2H3. The third kappa shape index (κ3) is 2.90. The van der Waals surface area contributed by atoms with E-state index < -0.39 is 0 Å². The summed E-state index contributed by atoms with van der Waals surface area (Å²) in [6.45, 7) is 2.28. The van der Waals surface area contributed by atoms with Gasteiger partial charge in [-0.2, -0.15) is 0 Å². The van der Waals surface area contributed by atoms with Crippen molar-refractivity contribution < 1.29 is 9.13 Å². The van der Waals surface area contributed by atoms with Gasteiger partial charge in [0.15, 0.2) is 11.6 Å². The average molecular weight is 264 g/mol. The number of hydrogen-bond donors (Lipinski definition) is 1. The summed E-state index contributed by atoms with van der Waals surface area (Å²) < 4.78 is 20.5. The van der Waals surface area contributed by atoms with Crippen LogP contribution in [0.15, 0.2) is 24.4 Å². The van der Waals surface area contributed by atoms with Crippen LogP contribution in [0.4, 0.5) is 4.39 Å². The Bertz CT molecular complexity index is 555. The van der Waals surface area contributed by atoms with E-state index in [4.69, 9.17) is 10.5 Å². The summed E-state index contributed by atoms with van der Waals surface area (Å²) >= 11 is 0. The zero-order valence-electron chi connectivity index (χ0n) is 11.0. The lowest BCUT2D eigenvalue weighted by atomic mass is 10.2. The molecule has 2 aromatic rings. The number of methoxy groups -OCH3 is 1. The molecule has 2 rings (SSSR count). The molecular formula is C13H17FN4O. The van der Waals surface area contributed by atoms with E-state index in [0.717, 1.165) is 6.42 Å². The summed E-state index contributed by atoms with van der Waals surface area (Å²) in [5.74, 6) is -0.148. The number of rotatable bonds is 5. The van der Waals surface area contributed by atoms with Crippen LogP contribution in [0.25, 0.3) is 0 Å². The first-order chi connectivity index (χ1) is 9.15. The minimum Gasteiger partial charge on any atom is -0.494 e. The van der Waals surface area contributed by atoms with Gasteiger partial charge in [-0.15, -0.1) is 5.10 Å². The zero-order chi connectivity index (χ0) is 13.8. The highest BCUT2D eigenvalue weighted by molar-refractivity contribution is 5.31. The number of hydrogen-bond acceptors (Lipinski definition) is 4. The molecule has 1 aromatic carbocycles. The van der Waals surface area contributed by atoms with Crippen molar-refractivity contribution in [2.75, 3.05) is 7.11 Å². The SMILES string of the molecule is CCC(N)c1cn(Cc2cccc(OC)c2F)nn1. The summed E-state index contributed by atoms with van der Waals surface area (Å²) in [5, 5.41) is 7.95. The minimum absolute atomic E-state index is 0.135.